The highest BCUT2D eigenvalue weighted by atomic mass is 35.5. The molecule has 3 aromatic rings. The monoisotopic (exact) mass is 507 g/mol. The first-order valence-electron chi connectivity index (χ1n) is 11.5. The second-order valence-electron chi connectivity index (χ2n) is 8.48. The first kappa shape index (κ1) is 23.8. The summed E-state index contributed by atoms with van der Waals surface area (Å²) in [6.45, 7) is 2.55. The van der Waals surface area contributed by atoms with Gasteiger partial charge < -0.3 is 4.74 Å². The topological polar surface area (TPSA) is 102 Å². The summed E-state index contributed by atoms with van der Waals surface area (Å²) in [6, 6.07) is 18.8. The zero-order valence-corrected chi connectivity index (χ0v) is 20.0. The van der Waals surface area contributed by atoms with Crippen molar-refractivity contribution in [3.8, 4) is 5.75 Å². The lowest BCUT2D eigenvalue weighted by Gasteiger charge is -2.29. The molecular formula is C26H22ClN3O6. The molecule has 0 saturated carbocycles. The smallest absolute Gasteiger partial charge is 0.269 e. The Morgan fingerprint density at radius 3 is 2.39 bits per heavy atom. The number of anilines is 2. The number of nitro benzene ring substituents is 1. The zero-order valence-electron chi connectivity index (χ0n) is 19.2. The summed E-state index contributed by atoms with van der Waals surface area (Å²) in [7, 11) is 0. The lowest BCUT2D eigenvalue weighted by Crippen LogP contribution is -2.37. The van der Waals surface area contributed by atoms with Gasteiger partial charge in [-0.15, -0.1) is 0 Å². The highest BCUT2D eigenvalue weighted by Crippen LogP contribution is 2.49. The number of nitro groups is 1. The average Bonchev–Trinajstić information content (AvgIpc) is 3.39. The second-order valence-corrected chi connectivity index (χ2v) is 8.88. The number of non-ortho nitro benzene ring substituents is 1. The lowest BCUT2D eigenvalue weighted by atomic mass is 9.90. The molecule has 9 nitrogen and oxygen atoms in total. The molecule has 2 amide bonds. The zero-order chi connectivity index (χ0) is 25.4. The SMILES string of the molecule is CCCOc1ccc(N2C(=O)[C@@H]3[C@@H](ON(c4ccccc4)[C@H]3c3cc([N+](=O)[O-])ccc3Cl)C2=O)cc1. The van der Waals surface area contributed by atoms with Crippen LogP contribution >= 0.6 is 11.6 Å². The summed E-state index contributed by atoms with van der Waals surface area (Å²) >= 11 is 6.49. The summed E-state index contributed by atoms with van der Waals surface area (Å²) in [6.07, 6.45) is -0.264. The van der Waals surface area contributed by atoms with Crippen LogP contribution in [0.1, 0.15) is 24.9 Å². The maximum absolute atomic E-state index is 13.7. The normalized spacial score (nSPS) is 21.1. The highest BCUT2D eigenvalue weighted by molar-refractivity contribution is 6.31. The van der Waals surface area contributed by atoms with Gasteiger partial charge in [0, 0.05) is 22.7 Å². The Morgan fingerprint density at radius 2 is 1.72 bits per heavy atom. The number of para-hydroxylation sites is 1. The summed E-state index contributed by atoms with van der Waals surface area (Å²) in [4.78, 5) is 45.3. The predicted octanol–water partition coefficient (Wildman–Crippen LogP) is 5.09. The van der Waals surface area contributed by atoms with E-state index in [-0.39, 0.29) is 10.7 Å². The van der Waals surface area contributed by atoms with Gasteiger partial charge in [-0.2, -0.15) is 0 Å². The van der Waals surface area contributed by atoms with Crippen LogP contribution in [0.3, 0.4) is 0 Å². The number of carbonyl (C=O) groups excluding carboxylic acids is 2. The fraction of sp³-hybridized carbons (Fsp3) is 0.231. The van der Waals surface area contributed by atoms with E-state index in [1.54, 1.807) is 48.5 Å². The second kappa shape index (κ2) is 9.60. The predicted molar refractivity (Wildman–Crippen MR) is 133 cm³/mol. The molecule has 5 rings (SSSR count). The molecule has 36 heavy (non-hydrogen) atoms. The number of imide groups is 1. The van der Waals surface area contributed by atoms with E-state index in [9.17, 15) is 19.7 Å². The number of halogens is 1. The van der Waals surface area contributed by atoms with E-state index in [0.29, 0.717) is 29.3 Å². The molecule has 0 aliphatic carbocycles. The molecule has 10 heteroatoms. The Morgan fingerprint density at radius 1 is 1.00 bits per heavy atom. The minimum atomic E-state index is -1.12. The number of benzene rings is 3. The minimum Gasteiger partial charge on any atom is -0.494 e. The fourth-order valence-electron chi connectivity index (χ4n) is 4.57. The minimum absolute atomic E-state index is 0.179. The summed E-state index contributed by atoms with van der Waals surface area (Å²) < 4.78 is 5.59. The fourth-order valence-corrected chi connectivity index (χ4v) is 4.80. The molecule has 0 bridgehead atoms. The molecule has 3 aromatic carbocycles. The van der Waals surface area contributed by atoms with Crippen LogP contribution in [0, 0.1) is 16.0 Å². The number of ether oxygens (including phenoxy) is 1. The molecule has 0 aromatic heterocycles. The number of nitrogens with zero attached hydrogens (tertiary/aromatic N) is 3. The van der Waals surface area contributed by atoms with E-state index < -0.39 is 34.8 Å². The molecule has 0 unspecified atom stereocenters. The first-order chi connectivity index (χ1) is 17.4. The van der Waals surface area contributed by atoms with Gasteiger partial charge in [-0.3, -0.25) is 24.5 Å². The standard InChI is InChI=1S/C26H22ClN3O6/c1-2-14-35-19-11-8-16(9-12-19)28-25(31)22-23(20-15-18(30(33)34)10-13-21(20)27)29(36-24(22)26(28)32)17-6-4-3-5-7-17/h3-13,15,22-24H,2,14H2,1H3/t22-,23-,24+/m0/s1. The van der Waals surface area contributed by atoms with Crippen molar-refractivity contribution in [1.82, 2.24) is 0 Å². The Bertz CT molecular complexity index is 1320. The quantitative estimate of drug-likeness (QED) is 0.249. The van der Waals surface area contributed by atoms with Crippen LogP contribution in [0.4, 0.5) is 17.1 Å². The van der Waals surface area contributed by atoms with Crippen LogP contribution < -0.4 is 14.7 Å². The summed E-state index contributed by atoms with van der Waals surface area (Å²) in [5.74, 6) is -1.32. The molecule has 2 aliphatic rings. The Balaban J connectivity index is 1.55. The van der Waals surface area contributed by atoms with Crippen LogP contribution in [0.5, 0.6) is 5.75 Å². The van der Waals surface area contributed by atoms with Crippen LogP contribution in [-0.4, -0.2) is 29.4 Å². The van der Waals surface area contributed by atoms with Crippen molar-refractivity contribution in [2.24, 2.45) is 5.92 Å². The number of hydroxylamine groups is 1. The summed E-state index contributed by atoms with van der Waals surface area (Å²) in [5.41, 5.74) is 1.13. The van der Waals surface area contributed by atoms with Gasteiger partial charge in [0.15, 0.2) is 6.10 Å². The van der Waals surface area contributed by atoms with Gasteiger partial charge in [-0.25, -0.2) is 9.96 Å². The highest BCUT2D eigenvalue weighted by Gasteiger charge is 2.60. The van der Waals surface area contributed by atoms with Crippen molar-refractivity contribution < 1.29 is 24.1 Å². The molecule has 184 valence electrons. The third kappa shape index (κ3) is 4.06. The van der Waals surface area contributed by atoms with Crippen LogP contribution in [0.15, 0.2) is 72.8 Å². The Kier molecular flexibility index (Phi) is 6.34. The number of amides is 2. The first-order valence-corrected chi connectivity index (χ1v) is 11.8. The van der Waals surface area contributed by atoms with Gasteiger partial charge in [0.05, 0.1) is 28.9 Å². The molecule has 2 aliphatic heterocycles. The molecule has 0 N–H and O–H groups in total. The average molecular weight is 508 g/mol. The molecule has 0 radical (unpaired) electrons. The largest absolute Gasteiger partial charge is 0.494 e. The molecule has 3 atom stereocenters. The number of carbonyl (C=O) groups is 2. The number of hydrogen-bond acceptors (Lipinski definition) is 7. The summed E-state index contributed by atoms with van der Waals surface area (Å²) in [5, 5.41) is 13.2. The molecule has 2 heterocycles. The van der Waals surface area contributed by atoms with Crippen LogP contribution in [0.25, 0.3) is 0 Å². The van der Waals surface area contributed by atoms with Gasteiger partial charge in [-0.05, 0) is 48.9 Å². The molecule has 0 spiro atoms. The number of fused-ring (bicyclic) bond motifs is 1. The van der Waals surface area contributed by atoms with Crippen molar-refractivity contribution in [3.63, 3.8) is 0 Å². The maximum atomic E-state index is 13.7. The van der Waals surface area contributed by atoms with Gasteiger partial charge in [0.25, 0.3) is 11.6 Å². The van der Waals surface area contributed by atoms with E-state index in [2.05, 4.69) is 0 Å². The number of hydrogen-bond donors (Lipinski definition) is 0. The van der Waals surface area contributed by atoms with Gasteiger partial charge in [-0.1, -0.05) is 36.7 Å². The van der Waals surface area contributed by atoms with E-state index in [0.717, 1.165) is 11.3 Å². The van der Waals surface area contributed by atoms with E-state index in [1.165, 1.54) is 23.3 Å². The Hall–Kier alpha value is -3.95. The van der Waals surface area contributed by atoms with Gasteiger partial charge >= 0.3 is 0 Å². The third-order valence-electron chi connectivity index (χ3n) is 6.20. The van der Waals surface area contributed by atoms with Crippen molar-refractivity contribution in [3.05, 3.63) is 93.5 Å². The molecular weight excluding hydrogens is 486 g/mol. The molecule has 2 saturated heterocycles. The maximum Gasteiger partial charge on any atom is 0.269 e. The van der Waals surface area contributed by atoms with Crippen molar-refractivity contribution in [1.29, 1.82) is 0 Å². The van der Waals surface area contributed by atoms with Crippen LogP contribution in [0.2, 0.25) is 5.02 Å². The van der Waals surface area contributed by atoms with Crippen molar-refractivity contribution in [2.75, 3.05) is 16.6 Å². The van der Waals surface area contributed by atoms with E-state index >= 15 is 0 Å². The van der Waals surface area contributed by atoms with E-state index in [4.69, 9.17) is 21.2 Å². The third-order valence-corrected chi connectivity index (χ3v) is 6.55. The molecule has 2 fully saturated rings. The van der Waals surface area contributed by atoms with Crippen molar-refractivity contribution >= 4 is 40.5 Å². The van der Waals surface area contributed by atoms with Gasteiger partial charge in [0.2, 0.25) is 5.91 Å². The van der Waals surface area contributed by atoms with Crippen LogP contribution in [-0.2, 0) is 14.4 Å². The number of rotatable bonds is 7. The van der Waals surface area contributed by atoms with E-state index in [1.807, 2.05) is 13.0 Å². The van der Waals surface area contributed by atoms with Gasteiger partial charge in [0.1, 0.15) is 11.7 Å². The van der Waals surface area contributed by atoms with Crippen molar-refractivity contribution in [2.45, 2.75) is 25.5 Å². The Labute approximate surface area is 211 Å². The lowest BCUT2D eigenvalue weighted by molar-refractivity contribution is -0.384.